The number of methoxy groups -OCH3 is 1. The lowest BCUT2D eigenvalue weighted by Gasteiger charge is -2.22. The van der Waals surface area contributed by atoms with Gasteiger partial charge in [-0.05, 0) is 78.1 Å². The van der Waals surface area contributed by atoms with Gasteiger partial charge in [0.25, 0.3) is 0 Å². The Kier molecular flexibility index (Phi) is 9.73. The van der Waals surface area contributed by atoms with Crippen molar-refractivity contribution in [2.45, 2.75) is 57.2 Å². The van der Waals surface area contributed by atoms with Crippen LogP contribution in [-0.2, 0) is 24.2 Å². The second-order valence-electron chi connectivity index (χ2n) is 9.06. The highest BCUT2D eigenvalue weighted by Gasteiger charge is 2.23. The van der Waals surface area contributed by atoms with E-state index in [1.165, 1.54) is 25.3 Å². The van der Waals surface area contributed by atoms with Gasteiger partial charge in [0.1, 0.15) is 5.78 Å². The van der Waals surface area contributed by atoms with E-state index < -0.39 is 6.10 Å². The van der Waals surface area contributed by atoms with E-state index >= 15 is 0 Å². The summed E-state index contributed by atoms with van der Waals surface area (Å²) in [5.74, 6) is -0.571. The Bertz CT molecular complexity index is 1140. The highest BCUT2D eigenvalue weighted by molar-refractivity contribution is 5.80. The second-order valence-corrected chi connectivity index (χ2v) is 9.06. The number of hydrogen-bond donors (Lipinski definition) is 5. The number of aromatic hydroxyl groups is 3. The van der Waals surface area contributed by atoms with Gasteiger partial charge in [0, 0.05) is 12.8 Å². The molecule has 3 rings (SSSR count). The Morgan fingerprint density at radius 3 is 2.22 bits per heavy atom. The van der Waals surface area contributed by atoms with Gasteiger partial charge in [-0.2, -0.15) is 0 Å². The van der Waals surface area contributed by atoms with Gasteiger partial charge in [-0.25, -0.2) is 0 Å². The van der Waals surface area contributed by atoms with E-state index in [2.05, 4.69) is 0 Å². The van der Waals surface area contributed by atoms with Gasteiger partial charge in [0.15, 0.2) is 23.0 Å². The van der Waals surface area contributed by atoms with Gasteiger partial charge in [-0.1, -0.05) is 36.4 Å². The minimum Gasteiger partial charge on any atom is -0.504 e. The number of aliphatic hydroxyl groups excluding tert-OH is 2. The third-order valence-corrected chi connectivity index (χ3v) is 6.42. The number of carbonyl (C=O) groups excluding carboxylic acids is 1. The molecule has 0 aliphatic rings. The van der Waals surface area contributed by atoms with Crippen molar-refractivity contribution in [1.29, 1.82) is 0 Å². The van der Waals surface area contributed by atoms with Gasteiger partial charge in [-0.15, -0.1) is 0 Å². The third-order valence-electron chi connectivity index (χ3n) is 6.42. The summed E-state index contributed by atoms with van der Waals surface area (Å²) >= 11 is 0. The first-order valence-electron chi connectivity index (χ1n) is 12.1. The fourth-order valence-corrected chi connectivity index (χ4v) is 4.44. The molecular formula is C29H34O7. The summed E-state index contributed by atoms with van der Waals surface area (Å²) in [7, 11) is 1.45. The molecule has 7 nitrogen and oxygen atoms in total. The van der Waals surface area contributed by atoms with Gasteiger partial charge in [0.05, 0.1) is 19.8 Å². The summed E-state index contributed by atoms with van der Waals surface area (Å²) in [4.78, 5) is 13.0. The molecular weight excluding hydrogens is 460 g/mol. The topological polar surface area (TPSA) is 127 Å². The van der Waals surface area contributed by atoms with Crippen molar-refractivity contribution in [2.24, 2.45) is 0 Å². The molecule has 0 saturated carbocycles. The zero-order valence-corrected chi connectivity index (χ0v) is 20.4. The number of carbonyl (C=O) groups is 1. The van der Waals surface area contributed by atoms with Crippen LogP contribution in [0.25, 0.3) is 0 Å². The van der Waals surface area contributed by atoms with Crippen molar-refractivity contribution in [3.63, 3.8) is 0 Å². The molecule has 0 unspecified atom stereocenters. The predicted octanol–water partition coefficient (Wildman–Crippen LogP) is 4.36. The summed E-state index contributed by atoms with van der Waals surface area (Å²) in [5, 5.41) is 49.6. The summed E-state index contributed by atoms with van der Waals surface area (Å²) in [6, 6.07) is 17.6. The molecule has 0 fully saturated rings. The minimum absolute atomic E-state index is 0.0183. The summed E-state index contributed by atoms with van der Waals surface area (Å²) < 4.78 is 5.27. The van der Waals surface area contributed by atoms with Crippen molar-refractivity contribution in [2.75, 3.05) is 7.11 Å². The van der Waals surface area contributed by atoms with Crippen LogP contribution >= 0.6 is 0 Å². The van der Waals surface area contributed by atoms with Crippen molar-refractivity contribution in [3.8, 4) is 23.0 Å². The lowest BCUT2D eigenvalue weighted by Crippen LogP contribution is -2.17. The molecule has 0 aromatic heterocycles. The molecule has 192 valence electrons. The maximum absolute atomic E-state index is 13.0. The Morgan fingerprint density at radius 1 is 0.833 bits per heavy atom. The molecule has 0 radical (unpaired) electrons. The fraction of sp³-hybridized carbons (Fsp3) is 0.345. The first kappa shape index (κ1) is 27.0. The summed E-state index contributed by atoms with van der Waals surface area (Å²) in [5.41, 5.74) is 3.15. The van der Waals surface area contributed by atoms with Crippen molar-refractivity contribution in [3.05, 3.63) is 82.9 Å². The molecule has 0 heterocycles. The molecule has 0 bridgehead atoms. The predicted molar refractivity (Wildman–Crippen MR) is 136 cm³/mol. The molecule has 5 N–H and O–H groups in total. The normalized spacial score (nSPS) is 12.8. The van der Waals surface area contributed by atoms with E-state index in [1.807, 2.05) is 30.3 Å². The van der Waals surface area contributed by atoms with Gasteiger partial charge in [0.2, 0.25) is 0 Å². The van der Waals surface area contributed by atoms with Crippen LogP contribution < -0.4 is 4.74 Å². The highest BCUT2D eigenvalue weighted by atomic mass is 16.5. The van der Waals surface area contributed by atoms with Crippen LogP contribution in [0.3, 0.4) is 0 Å². The molecule has 0 aliphatic carbocycles. The Hall–Kier alpha value is -3.55. The number of benzene rings is 3. The molecule has 3 aromatic rings. The van der Waals surface area contributed by atoms with Crippen LogP contribution in [0, 0.1) is 0 Å². The largest absolute Gasteiger partial charge is 0.504 e. The molecule has 7 heteroatoms. The van der Waals surface area contributed by atoms with Crippen LogP contribution in [-0.4, -0.2) is 44.5 Å². The van der Waals surface area contributed by atoms with E-state index in [9.17, 15) is 30.3 Å². The van der Waals surface area contributed by atoms with Gasteiger partial charge < -0.3 is 30.3 Å². The second kappa shape index (κ2) is 13.0. The lowest BCUT2D eigenvalue weighted by atomic mass is 9.84. The molecule has 0 spiro atoms. The van der Waals surface area contributed by atoms with Gasteiger partial charge >= 0.3 is 0 Å². The Balaban J connectivity index is 1.71. The van der Waals surface area contributed by atoms with Crippen LogP contribution in [0.2, 0.25) is 0 Å². The standard InChI is InChI=1S/C29H34O7/c1-36-29-17-25(22(18-30)15-28(29)35)21(10-7-19-5-3-2-4-6-19)14-24(32)16-23(31)11-8-20-9-12-26(33)27(34)13-20/h2-6,9,12-13,15,17,21,23,30-31,33-35H,7-8,10-11,14,16,18H2,1H3/t21-,23-/m1/s1. The van der Waals surface area contributed by atoms with Crippen LogP contribution in [0.4, 0.5) is 0 Å². The zero-order chi connectivity index (χ0) is 26.1. The minimum atomic E-state index is -0.852. The lowest BCUT2D eigenvalue weighted by molar-refractivity contribution is -0.121. The smallest absolute Gasteiger partial charge is 0.160 e. The quantitative estimate of drug-likeness (QED) is 0.223. The monoisotopic (exact) mass is 494 g/mol. The molecule has 0 saturated heterocycles. The number of rotatable bonds is 13. The number of phenols is 3. The van der Waals surface area contributed by atoms with Crippen molar-refractivity contribution < 1.29 is 35.1 Å². The highest BCUT2D eigenvalue weighted by Crippen LogP contribution is 2.37. The zero-order valence-electron chi connectivity index (χ0n) is 20.4. The number of ether oxygens (including phenoxy) is 1. The number of hydrogen-bond acceptors (Lipinski definition) is 7. The Morgan fingerprint density at radius 2 is 1.56 bits per heavy atom. The van der Waals surface area contributed by atoms with Gasteiger partial charge in [-0.3, -0.25) is 4.79 Å². The molecule has 3 aromatic carbocycles. The van der Waals surface area contributed by atoms with E-state index in [0.717, 1.165) is 23.1 Å². The first-order valence-corrected chi connectivity index (χ1v) is 12.1. The molecule has 2 atom stereocenters. The van der Waals surface area contributed by atoms with Crippen LogP contribution in [0.5, 0.6) is 23.0 Å². The van der Waals surface area contributed by atoms with E-state index in [-0.39, 0.29) is 54.1 Å². The van der Waals surface area contributed by atoms with Crippen molar-refractivity contribution in [1.82, 2.24) is 0 Å². The molecule has 0 aliphatic heterocycles. The van der Waals surface area contributed by atoms with E-state index in [1.54, 1.807) is 12.1 Å². The van der Waals surface area contributed by atoms with E-state index in [0.29, 0.717) is 24.8 Å². The summed E-state index contributed by atoms with van der Waals surface area (Å²) in [6.45, 7) is -0.287. The number of aliphatic hydroxyl groups is 2. The number of aryl methyl sites for hydroxylation is 2. The van der Waals surface area contributed by atoms with Crippen LogP contribution in [0.1, 0.15) is 53.9 Å². The molecule has 36 heavy (non-hydrogen) atoms. The average Bonchev–Trinajstić information content (AvgIpc) is 2.87. The summed E-state index contributed by atoms with van der Waals surface area (Å²) in [6.07, 6.45) is 1.44. The SMILES string of the molecule is COc1cc([C@H](CCc2ccccc2)CC(=O)C[C@H](O)CCc2ccc(O)c(O)c2)c(CO)cc1O. The van der Waals surface area contributed by atoms with Crippen molar-refractivity contribution >= 4 is 5.78 Å². The number of phenolic OH excluding ortho intramolecular Hbond substituents is 3. The first-order chi connectivity index (χ1) is 17.3. The maximum atomic E-state index is 13.0. The average molecular weight is 495 g/mol. The molecule has 0 amide bonds. The number of Topliss-reactive ketones (excluding diaryl/α,β-unsaturated/α-hetero) is 1. The van der Waals surface area contributed by atoms with E-state index in [4.69, 9.17) is 4.74 Å². The van der Waals surface area contributed by atoms with Crippen LogP contribution in [0.15, 0.2) is 60.7 Å². The third kappa shape index (κ3) is 7.47. The fourth-order valence-electron chi connectivity index (χ4n) is 4.44. The maximum Gasteiger partial charge on any atom is 0.160 e. The number of ketones is 1. The Labute approximate surface area is 211 Å².